The van der Waals surface area contributed by atoms with Gasteiger partial charge in [0, 0.05) is 0 Å². The van der Waals surface area contributed by atoms with E-state index in [1.165, 1.54) is 11.1 Å². The maximum Gasteiger partial charge on any atom is 0.152 e. The quantitative estimate of drug-likeness (QED) is 0.714. The molecule has 1 aliphatic heterocycles. The van der Waals surface area contributed by atoms with Gasteiger partial charge in [-0.15, -0.1) is 0 Å². The molecule has 3 rings (SSSR count). The molecular weight excluding hydrogens is 232 g/mol. The molecule has 0 aromatic heterocycles. The van der Waals surface area contributed by atoms with Gasteiger partial charge in [0.25, 0.3) is 0 Å². The SMILES string of the molecule is C/C=C/C1(c2ccccc2)CCc2ccccc2O1. The first-order valence-electron chi connectivity index (χ1n) is 6.80. The van der Waals surface area contributed by atoms with E-state index in [4.69, 9.17) is 4.74 Å². The predicted octanol–water partition coefficient (Wildman–Crippen LogP) is 4.48. The molecule has 1 aliphatic rings. The number of aryl methyl sites for hydroxylation is 1. The van der Waals surface area contributed by atoms with Crippen molar-refractivity contribution < 1.29 is 4.74 Å². The lowest BCUT2D eigenvalue weighted by Gasteiger charge is -2.37. The van der Waals surface area contributed by atoms with Gasteiger partial charge < -0.3 is 4.74 Å². The first-order valence-corrected chi connectivity index (χ1v) is 6.80. The lowest BCUT2D eigenvalue weighted by atomic mass is 9.84. The molecule has 2 aromatic rings. The molecule has 0 N–H and O–H groups in total. The summed E-state index contributed by atoms with van der Waals surface area (Å²) in [5.74, 6) is 1.01. The van der Waals surface area contributed by atoms with E-state index in [0.717, 1.165) is 18.6 Å². The second-order valence-corrected chi connectivity index (χ2v) is 4.97. The van der Waals surface area contributed by atoms with Crippen LogP contribution < -0.4 is 4.74 Å². The largest absolute Gasteiger partial charge is 0.478 e. The molecule has 0 spiro atoms. The normalized spacial score (nSPS) is 21.9. The van der Waals surface area contributed by atoms with Crippen LogP contribution >= 0.6 is 0 Å². The highest BCUT2D eigenvalue weighted by atomic mass is 16.5. The molecule has 1 nitrogen and oxygen atoms in total. The van der Waals surface area contributed by atoms with Gasteiger partial charge in [0.15, 0.2) is 5.60 Å². The molecule has 0 bridgehead atoms. The number of ether oxygens (including phenoxy) is 1. The molecule has 0 fully saturated rings. The minimum absolute atomic E-state index is 0.315. The maximum atomic E-state index is 6.36. The van der Waals surface area contributed by atoms with Crippen molar-refractivity contribution in [3.05, 3.63) is 77.9 Å². The number of fused-ring (bicyclic) bond motifs is 1. The minimum atomic E-state index is -0.315. The average molecular weight is 250 g/mol. The molecule has 1 heterocycles. The van der Waals surface area contributed by atoms with Crippen LogP contribution in [0.5, 0.6) is 5.75 Å². The van der Waals surface area contributed by atoms with Gasteiger partial charge in [0.1, 0.15) is 5.75 Å². The first kappa shape index (κ1) is 12.0. The lowest BCUT2D eigenvalue weighted by Crippen LogP contribution is -2.34. The summed E-state index contributed by atoms with van der Waals surface area (Å²) >= 11 is 0. The van der Waals surface area contributed by atoms with Crippen LogP contribution in [-0.2, 0) is 12.0 Å². The molecule has 0 amide bonds. The zero-order valence-corrected chi connectivity index (χ0v) is 11.2. The number of rotatable bonds is 2. The number of allylic oxidation sites excluding steroid dienone is 1. The Labute approximate surface area is 114 Å². The van der Waals surface area contributed by atoms with E-state index in [9.17, 15) is 0 Å². The molecular formula is C18H18O. The van der Waals surface area contributed by atoms with Gasteiger partial charge in [-0.05, 0) is 43.0 Å². The van der Waals surface area contributed by atoms with Gasteiger partial charge in [0.2, 0.25) is 0 Å². The van der Waals surface area contributed by atoms with Crippen LogP contribution in [-0.4, -0.2) is 0 Å². The molecule has 0 saturated carbocycles. The summed E-state index contributed by atoms with van der Waals surface area (Å²) in [5, 5.41) is 0. The third-order valence-electron chi connectivity index (χ3n) is 3.73. The van der Waals surface area contributed by atoms with Crippen molar-refractivity contribution in [1.82, 2.24) is 0 Å². The summed E-state index contributed by atoms with van der Waals surface area (Å²) in [6, 6.07) is 18.8. The van der Waals surface area contributed by atoms with Gasteiger partial charge in [-0.2, -0.15) is 0 Å². The van der Waals surface area contributed by atoms with Gasteiger partial charge in [-0.3, -0.25) is 0 Å². The second-order valence-electron chi connectivity index (χ2n) is 4.97. The molecule has 0 aliphatic carbocycles. The Morgan fingerprint density at radius 2 is 1.74 bits per heavy atom. The number of hydrogen-bond donors (Lipinski definition) is 0. The Bertz CT molecular complexity index is 586. The molecule has 1 atom stereocenters. The molecule has 0 radical (unpaired) electrons. The maximum absolute atomic E-state index is 6.36. The van der Waals surface area contributed by atoms with Crippen molar-refractivity contribution in [1.29, 1.82) is 0 Å². The topological polar surface area (TPSA) is 9.23 Å². The summed E-state index contributed by atoms with van der Waals surface area (Å²) in [6.45, 7) is 2.05. The summed E-state index contributed by atoms with van der Waals surface area (Å²) in [6.07, 6.45) is 6.30. The molecule has 1 unspecified atom stereocenters. The Hall–Kier alpha value is -2.02. The van der Waals surface area contributed by atoms with Gasteiger partial charge in [0.05, 0.1) is 0 Å². The summed E-state index contributed by atoms with van der Waals surface area (Å²) in [4.78, 5) is 0. The van der Waals surface area contributed by atoms with Crippen molar-refractivity contribution in [2.24, 2.45) is 0 Å². The fraction of sp³-hybridized carbons (Fsp3) is 0.222. The van der Waals surface area contributed by atoms with Crippen LogP contribution in [0, 0.1) is 0 Å². The fourth-order valence-corrected chi connectivity index (χ4v) is 2.78. The van der Waals surface area contributed by atoms with E-state index in [0.29, 0.717) is 0 Å². The highest BCUT2D eigenvalue weighted by molar-refractivity contribution is 5.40. The Morgan fingerprint density at radius 3 is 2.53 bits per heavy atom. The Kier molecular flexibility index (Phi) is 3.12. The Morgan fingerprint density at radius 1 is 1.00 bits per heavy atom. The zero-order valence-electron chi connectivity index (χ0n) is 11.2. The van der Waals surface area contributed by atoms with E-state index < -0.39 is 0 Å². The van der Waals surface area contributed by atoms with Crippen LogP contribution in [0.1, 0.15) is 24.5 Å². The smallest absolute Gasteiger partial charge is 0.152 e. The average Bonchev–Trinajstić information content (AvgIpc) is 2.48. The van der Waals surface area contributed by atoms with Crippen molar-refractivity contribution in [3.63, 3.8) is 0 Å². The van der Waals surface area contributed by atoms with Crippen molar-refractivity contribution in [3.8, 4) is 5.75 Å². The van der Waals surface area contributed by atoms with Crippen LogP contribution in [0.3, 0.4) is 0 Å². The van der Waals surface area contributed by atoms with E-state index >= 15 is 0 Å². The predicted molar refractivity (Wildman–Crippen MR) is 78.3 cm³/mol. The second kappa shape index (κ2) is 4.93. The van der Waals surface area contributed by atoms with Gasteiger partial charge in [-0.1, -0.05) is 54.6 Å². The molecule has 96 valence electrons. The number of benzene rings is 2. The monoisotopic (exact) mass is 250 g/mol. The van der Waals surface area contributed by atoms with Gasteiger partial charge >= 0.3 is 0 Å². The van der Waals surface area contributed by atoms with E-state index in [2.05, 4.69) is 61.5 Å². The zero-order chi connectivity index (χ0) is 13.1. The molecule has 0 saturated heterocycles. The van der Waals surface area contributed by atoms with Crippen molar-refractivity contribution >= 4 is 0 Å². The molecule has 1 heteroatoms. The van der Waals surface area contributed by atoms with E-state index in [1.807, 2.05) is 12.1 Å². The standard InChI is InChI=1S/C18H18O/c1-2-13-18(16-9-4-3-5-10-16)14-12-15-8-6-7-11-17(15)19-18/h2-11,13H,12,14H2,1H3/b13-2+. The highest BCUT2D eigenvalue weighted by Gasteiger charge is 2.35. The summed E-state index contributed by atoms with van der Waals surface area (Å²) in [5.41, 5.74) is 2.21. The highest BCUT2D eigenvalue weighted by Crippen LogP contribution is 2.40. The van der Waals surface area contributed by atoms with Crippen LogP contribution in [0.2, 0.25) is 0 Å². The van der Waals surface area contributed by atoms with Crippen molar-refractivity contribution in [2.75, 3.05) is 0 Å². The molecule has 2 aromatic carbocycles. The molecule has 19 heavy (non-hydrogen) atoms. The minimum Gasteiger partial charge on any atom is -0.478 e. The van der Waals surface area contributed by atoms with Crippen LogP contribution in [0.15, 0.2) is 66.7 Å². The first-order chi connectivity index (χ1) is 9.34. The van der Waals surface area contributed by atoms with E-state index in [1.54, 1.807) is 0 Å². The summed E-state index contributed by atoms with van der Waals surface area (Å²) in [7, 11) is 0. The third-order valence-corrected chi connectivity index (χ3v) is 3.73. The van der Waals surface area contributed by atoms with Crippen LogP contribution in [0.25, 0.3) is 0 Å². The van der Waals surface area contributed by atoms with Crippen LogP contribution in [0.4, 0.5) is 0 Å². The number of hydrogen-bond acceptors (Lipinski definition) is 1. The lowest BCUT2D eigenvalue weighted by molar-refractivity contribution is 0.0931. The summed E-state index contributed by atoms with van der Waals surface area (Å²) < 4.78 is 6.36. The fourth-order valence-electron chi connectivity index (χ4n) is 2.78. The van der Waals surface area contributed by atoms with Crippen molar-refractivity contribution in [2.45, 2.75) is 25.4 Å². The Balaban J connectivity index is 2.05. The third kappa shape index (κ3) is 2.17. The number of para-hydroxylation sites is 1. The van der Waals surface area contributed by atoms with Gasteiger partial charge in [-0.25, -0.2) is 0 Å². The van der Waals surface area contributed by atoms with E-state index in [-0.39, 0.29) is 5.60 Å².